The Hall–Kier alpha value is -3.00. The maximum atomic E-state index is 14.9. The summed E-state index contributed by atoms with van der Waals surface area (Å²) in [5, 5.41) is 6.87. The van der Waals surface area contributed by atoms with E-state index in [2.05, 4.69) is 9.93 Å². The molecule has 1 aliphatic heterocycles. The minimum Gasteiger partial charge on any atom is -0.234 e. The standard InChI is InChI=1S/C27H31F3N4O4S2/c1-3-11-33(12-4-2)32-40(37,38)13-10-25-23-18-39(35,36)17-20(14-19-6-5-7-21(28)15-19)27(23)34(31-25)26-9-8-22(29)16-24(26)30/h5-10,13,15-16,20,32H,3-4,11-12,14,17-18H2,1-2H3/b13-10+. The zero-order chi connectivity index (χ0) is 29.1. The molecule has 4 rings (SSSR count). The molecular formula is C27H31F3N4O4S2. The Kier molecular flexibility index (Phi) is 9.18. The molecule has 0 saturated heterocycles. The first-order valence-electron chi connectivity index (χ1n) is 12.9. The first kappa shape index (κ1) is 30.0. The summed E-state index contributed by atoms with van der Waals surface area (Å²) in [6.45, 7) is 4.82. The van der Waals surface area contributed by atoms with Crippen LogP contribution in [-0.4, -0.2) is 50.5 Å². The molecule has 40 heavy (non-hydrogen) atoms. The van der Waals surface area contributed by atoms with Gasteiger partial charge in [-0.05, 0) is 55.2 Å². The highest BCUT2D eigenvalue weighted by atomic mass is 32.2. The second kappa shape index (κ2) is 12.2. The maximum absolute atomic E-state index is 14.9. The second-order valence-corrected chi connectivity index (χ2v) is 13.4. The number of hydrogen-bond donors (Lipinski definition) is 1. The molecule has 1 unspecified atom stereocenters. The minimum absolute atomic E-state index is 0.0224. The van der Waals surface area contributed by atoms with Crippen LogP contribution in [0.2, 0.25) is 0 Å². The number of sulfone groups is 1. The maximum Gasteiger partial charge on any atom is 0.246 e. The Morgan fingerprint density at radius 3 is 2.42 bits per heavy atom. The average Bonchev–Trinajstić information content (AvgIpc) is 3.20. The van der Waals surface area contributed by atoms with Crippen LogP contribution in [0.4, 0.5) is 13.2 Å². The highest BCUT2D eigenvalue weighted by molar-refractivity contribution is 7.92. The van der Waals surface area contributed by atoms with Crippen LogP contribution in [0.1, 0.15) is 55.1 Å². The molecule has 0 aliphatic carbocycles. The fourth-order valence-electron chi connectivity index (χ4n) is 4.89. The summed E-state index contributed by atoms with van der Waals surface area (Å²) in [4.78, 5) is 2.49. The van der Waals surface area contributed by atoms with E-state index < -0.39 is 49.0 Å². The largest absolute Gasteiger partial charge is 0.246 e. The zero-order valence-corrected chi connectivity index (χ0v) is 23.8. The first-order valence-corrected chi connectivity index (χ1v) is 16.3. The van der Waals surface area contributed by atoms with Crippen LogP contribution in [-0.2, 0) is 32.0 Å². The molecule has 0 bridgehead atoms. The molecule has 2 aromatic carbocycles. The highest BCUT2D eigenvalue weighted by Gasteiger charge is 2.36. The lowest BCUT2D eigenvalue weighted by atomic mass is 9.94. The molecule has 0 fully saturated rings. The average molecular weight is 597 g/mol. The Bertz CT molecular complexity index is 1620. The van der Waals surface area contributed by atoms with Crippen LogP contribution in [0.25, 0.3) is 11.8 Å². The molecule has 1 aromatic heterocycles. The molecule has 8 nitrogen and oxygen atoms in total. The van der Waals surface area contributed by atoms with Crippen molar-refractivity contribution in [1.82, 2.24) is 19.6 Å². The van der Waals surface area contributed by atoms with Gasteiger partial charge in [0, 0.05) is 36.0 Å². The van der Waals surface area contributed by atoms with Gasteiger partial charge in [0.15, 0.2) is 15.7 Å². The number of halogens is 3. The van der Waals surface area contributed by atoms with Crippen molar-refractivity contribution >= 4 is 25.9 Å². The smallest absolute Gasteiger partial charge is 0.234 e. The number of rotatable bonds is 11. The number of aromatic nitrogens is 2. The summed E-state index contributed by atoms with van der Waals surface area (Å²) in [7, 11) is -7.66. The SMILES string of the molecule is CCCN(CCC)NS(=O)(=O)/C=C/c1nn(-c2ccc(F)cc2F)c2c1CS(=O)(=O)CC2Cc1cccc(F)c1. The van der Waals surface area contributed by atoms with Crippen LogP contribution < -0.4 is 4.83 Å². The van der Waals surface area contributed by atoms with Gasteiger partial charge in [0.05, 0.1) is 22.9 Å². The highest BCUT2D eigenvalue weighted by Crippen LogP contribution is 2.37. The Morgan fingerprint density at radius 1 is 1.07 bits per heavy atom. The van der Waals surface area contributed by atoms with E-state index in [1.54, 1.807) is 11.1 Å². The van der Waals surface area contributed by atoms with Crippen LogP contribution in [0, 0.1) is 17.5 Å². The topological polar surface area (TPSA) is 101 Å². The molecule has 0 saturated carbocycles. The molecule has 3 aromatic rings. The van der Waals surface area contributed by atoms with Crippen molar-refractivity contribution in [2.75, 3.05) is 18.8 Å². The second-order valence-electron chi connectivity index (χ2n) is 9.77. The third-order valence-electron chi connectivity index (χ3n) is 6.42. The molecule has 0 radical (unpaired) electrons. The van der Waals surface area contributed by atoms with Gasteiger partial charge in [-0.2, -0.15) is 5.10 Å². The summed E-state index contributed by atoms with van der Waals surface area (Å²) in [5.74, 6) is -3.73. The quantitative estimate of drug-likeness (QED) is 0.328. The van der Waals surface area contributed by atoms with Crippen molar-refractivity contribution in [3.8, 4) is 5.69 Å². The van der Waals surface area contributed by atoms with Gasteiger partial charge in [-0.25, -0.2) is 39.7 Å². The lowest BCUT2D eigenvalue weighted by molar-refractivity contribution is 0.242. The molecule has 2 heterocycles. The van der Waals surface area contributed by atoms with Crippen molar-refractivity contribution in [3.05, 3.63) is 87.8 Å². The predicted molar refractivity (Wildman–Crippen MR) is 147 cm³/mol. The van der Waals surface area contributed by atoms with Gasteiger partial charge in [-0.1, -0.05) is 26.0 Å². The van der Waals surface area contributed by atoms with Gasteiger partial charge >= 0.3 is 0 Å². The van der Waals surface area contributed by atoms with Crippen LogP contribution >= 0.6 is 0 Å². The summed E-state index contributed by atoms with van der Waals surface area (Å²) in [6, 6.07) is 8.63. The van der Waals surface area contributed by atoms with Gasteiger partial charge in [0.25, 0.3) is 0 Å². The third-order valence-corrected chi connectivity index (χ3v) is 9.06. The molecule has 1 N–H and O–H groups in total. The molecule has 13 heteroatoms. The van der Waals surface area contributed by atoms with Crippen molar-refractivity contribution < 1.29 is 30.0 Å². The van der Waals surface area contributed by atoms with Crippen LogP contribution in [0.5, 0.6) is 0 Å². The Morgan fingerprint density at radius 2 is 1.77 bits per heavy atom. The fraction of sp³-hybridized carbons (Fsp3) is 0.370. The van der Waals surface area contributed by atoms with Gasteiger partial charge in [-0.15, -0.1) is 4.83 Å². The molecule has 216 valence electrons. The first-order chi connectivity index (χ1) is 18.9. The number of nitrogens with one attached hydrogen (secondary N) is 1. The molecule has 0 amide bonds. The van der Waals surface area contributed by atoms with Crippen molar-refractivity contribution in [3.63, 3.8) is 0 Å². The van der Waals surface area contributed by atoms with Crippen molar-refractivity contribution in [1.29, 1.82) is 0 Å². The number of nitrogens with zero attached hydrogens (tertiary/aromatic N) is 3. The van der Waals surface area contributed by atoms with E-state index in [-0.39, 0.29) is 29.1 Å². The molecule has 0 spiro atoms. The van der Waals surface area contributed by atoms with E-state index >= 15 is 0 Å². The Labute approximate surface area is 232 Å². The van der Waals surface area contributed by atoms with Gasteiger partial charge in [0.1, 0.15) is 17.3 Å². The monoisotopic (exact) mass is 596 g/mol. The molecule has 1 aliphatic rings. The Balaban J connectivity index is 1.83. The molecular weight excluding hydrogens is 565 g/mol. The van der Waals surface area contributed by atoms with E-state index in [1.807, 2.05) is 13.8 Å². The number of hydrazine groups is 1. The number of sulfonamides is 1. The number of benzene rings is 2. The fourth-order valence-corrected chi connectivity index (χ4v) is 7.55. The van der Waals surface area contributed by atoms with E-state index in [4.69, 9.17) is 0 Å². The van der Waals surface area contributed by atoms with Crippen molar-refractivity contribution in [2.45, 2.75) is 44.8 Å². The number of hydrogen-bond acceptors (Lipinski definition) is 6. The zero-order valence-electron chi connectivity index (χ0n) is 22.1. The van der Waals surface area contributed by atoms with Crippen LogP contribution in [0.3, 0.4) is 0 Å². The molecule has 1 atom stereocenters. The van der Waals surface area contributed by atoms with Gasteiger partial charge in [-0.3, -0.25) is 0 Å². The van der Waals surface area contributed by atoms with E-state index in [0.717, 1.165) is 24.3 Å². The number of fused-ring (bicyclic) bond motifs is 1. The van der Waals surface area contributed by atoms with Crippen molar-refractivity contribution in [2.24, 2.45) is 0 Å². The normalized spacial score (nSPS) is 17.0. The third kappa shape index (κ3) is 7.19. The summed E-state index contributed by atoms with van der Waals surface area (Å²) in [5.41, 5.74) is 0.972. The van der Waals surface area contributed by atoms with Gasteiger partial charge in [0.2, 0.25) is 10.0 Å². The van der Waals surface area contributed by atoms with E-state index in [9.17, 15) is 30.0 Å². The lowest BCUT2D eigenvalue weighted by Gasteiger charge is -2.25. The summed E-state index contributed by atoms with van der Waals surface area (Å²) in [6.07, 6.45) is 2.72. The van der Waals surface area contributed by atoms with Crippen LogP contribution in [0.15, 0.2) is 47.9 Å². The minimum atomic E-state index is -3.98. The van der Waals surface area contributed by atoms with Gasteiger partial charge < -0.3 is 0 Å². The summed E-state index contributed by atoms with van der Waals surface area (Å²) >= 11 is 0. The summed E-state index contributed by atoms with van der Waals surface area (Å²) < 4.78 is 95.4. The van der Waals surface area contributed by atoms with E-state index in [0.29, 0.717) is 30.4 Å². The predicted octanol–water partition coefficient (Wildman–Crippen LogP) is 4.47. The lowest BCUT2D eigenvalue weighted by Crippen LogP contribution is -2.42. The van der Waals surface area contributed by atoms with E-state index in [1.165, 1.54) is 35.0 Å².